The number of hydrogen-bond acceptors (Lipinski definition) is 5. The Bertz CT molecular complexity index is 661. The Balaban J connectivity index is 1.89. The smallest absolute Gasteiger partial charge is 0.233 e. The first-order chi connectivity index (χ1) is 10.1. The summed E-state index contributed by atoms with van der Waals surface area (Å²) in [5.74, 6) is 0.984. The van der Waals surface area contributed by atoms with Gasteiger partial charge >= 0.3 is 0 Å². The number of halogens is 3. The van der Waals surface area contributed by atoms with E-state index >= 15 is 0 Å². The van der Waals surface area contributed by atoms with E-state index in [2.05, 4.69) is 41.1 Å². The van der Waals surface area contributed by atoms with Gasteiger partial charge in [0.25, 0.3) is 0 Å². The molecule has 0 bridgehead atoms. The number of anilines is 3. The van der Waals surface area contributed by atoms with Gasteiger partial charge in [0.1, 0.15) is 0 Å². The second kappa shape index (κ2) is 6.34. The van der Waals surface area contributed by atoms with Crippen LogP contribution in [0.5, 0.6) is 0 Å². The molecule has 0 radical (unpaired) electrons. The van der Waals surface area contributed by atoms with Crippen LogP contribution in [0, 0.1) is 0 Å². The predicted octanol–water partition coefficient (Wildman–Crippen LogP) is 4.28. The minimum atomic E-state index is 0.167. The highest BCUT2D eigenvalue weighted by Gasteiger charge is 2.17. The Labute approximate surface area is 140 Å². The van der Waals surface area contributed by atoms with E-state index in [1.165, 1.54) is 0 Å². The number of hydrogen-bond donors (Lipinski definition) is 1. The van der Waals surface area contributed by atoms with Crippen LogP contribution in [-0.2, 0) is 0 Å². The van der Waals surface area contributed by atoms with E-state index in [-0.39, 0.29) is 5.28 Å². The fourth-order valence-corrected chi connectivity index (χ4v) is 2.85. The second-order valence-corrected chi connectivity index (χ2v) is 6.33. The molecule has 3 rings (SSSR count). The van der Waals surface area contributed by atoms with Crippen molar-refractivity contribution >= 4 is 56.7 Å². The van der Waals surface area contributed by atoms with E-state index in [4.69, 9.17) is 23.2 Å². The van der Waals surface area contributed by atoms with E-state index in [9.17, 15) is 0 Å². The zero-order chi connectivity index (χ0) is 14.8. The molecule has 1 aromatic heterocycles. The van der Waals surface area contributed by atoms with Gasteiger partial charge in [-0.3, -0.25) is 0 Å². The van der Waals surface area contributed by atoms with E-state index in [0.29, 0.717) is 22.6 Å². The molecule has 1 aromatic carbocycles. The van der Waals surface area contributed by atoms with Gasteiger partial charge < -0.3 is 10.2 Å². The number of benzene rings is 1. The van der Waals surface area contributed by atoms with Crippen LogP contribution in [0.1, 0.15) is 12.8 Å². The van der Waals surface area contributed by atoms with Crippen LogP contribution < -0.4 is 10.2 Å². The Kier molecular flexibility index (Phi) is 4.47. The molecule has 0 saturated carbocycles. The van der Waals surface area contributed by atoms with Crippen molar-refractivity contribution in [3.8, 4) is 0 Å². The van der Waals surface area contributed by atoms with Crippen molar-refractivity contribution in [2.24, 2.45) is 0 Å². The lowest BCUT2D eigenvalue weighted by Gasteiger charge is -2.16. The molecule has 1 fully saturated rings. The van der Waals surface area contributed by atoms with Crippen LogP contribution in [0.25, 0.3) is 0 Å². The van der Waals surface area contributed by atoms with Crippen molar-refractivity contribution in [3.05, 3.63) is 33.0 Å². The molecule has 0 atom stereocenters. The zero-order valence-electron chi connectivity index (χ0n) is 11.0. The van der Waals surface area contributed by atoms with Crippen LogP contribution in [0.2, 0.25) is 10.3 Å². The van der Waals surface area contributed by atoms with Crippen molar-refractivity contribution in [3.63, 3.8) is 0 Å². The number of nitrogens with one attached hydrogen (secondary N) is 1. The maximum Gasteiger partial charge on any atom is 0.233 e. The topological polar surface area (TPSA) is 53.9 Å². The Hall–Kier alpha value is -1.11. The first kappa shape index (κ1) is 14.8. The third-order valence-corrected chi connectivity index (χ3v) is 4.15. The summed E-state index contributed by atoms with van der Waals surface area (Å²) in [6, 6.07) is 5.51. The summed E-state index contributed by atoms with van der Waals surface area (Å²) in [5, 5.41) is 3.83. The van der Waals surface area contributed by atoms with Crippen LogP contribution in [0.4, 0.5) is 17.6 Å². The summed E-state index contributed by atoms with van der Waals surface area (Å²) >= 11 is 15.6. The molecule has 21 heavy (non-hydrogen) atoms. The predicted molar refractivity (Wildman–Crippen MR) is 88.7 cm³/mol. The van der Waals surface area contributed by atoms with Crippen LogP contribution in [0.15, 0.2) is 22.7 Å². The Morgan fingerprint density at radius 1 is 1.10 bits per heavy atom. The minimum absolute atomic E-state index is 0.167. The molecule has 0 unspecified atom stereocenters. The minimum Gasteiger partial charge on any atom is -0.341 e. The van der Waals surface area contributed by atoms with Gasteiger partial charge in [-0.2, -0.15) is 15.0 Å². The molecule has 1 N–H and O–H groups in total. The summed E-state index contributed by atoms with van der Waals surface area (Å²) in [6.07, 6.45) is 2.28. The maximum absolute atomic E-state index is 6.15. The van der Waals surface area contributed by atoms with Gasteiger partial charge in [0.05, 0.1) is 10.7 Å². The summed E-state index contributed by atoms with van der Waals surface area (Å²) in [6.45, 7) is 1.88. The third kappa shape index (κ3) is 3.56. The summed E-state index contributed by atoms with van der Waals surface area (Å²) in [7, 11) is 0. The lowest BCUT2D eigenvalue weighted by Crippen LogP contribution is -2.21. The summed E-state index contributed by atoms with van der Waals surface area (Å²) < 4.78 is 0.911. The molecule has 1 aliphatic heterocycles. The van der Waals surface area contributed by atoms with Gasteiger partial charge in [-0.25, -0.2) is 0 Å². The zero-order valence-corrected chi connectivity index (χ0v) is 14.1. The highest BCUT2D eigenvalue weighted by molar-refractivity contribution is 9.10. The number of aromatic nitrogens is 3. The molecular formula is C13H12BrCl2N5. The van der Waals surface area contributed by atoms with Crippen LogP contribution in [0.3, 0.4) is 0 Å². The maximum atomic E-state index is 6.15. The molecule has 1 saturated heterocycles. The van der Waals surface area contributed by atoms with Crippen molar-refractivity contribution < 1.29 is 0 Å². The standard InChI is InChI=1S/C13H12BrCl2N5/c14-8-3-4-9(15)10(7-8)17-12-18-11(16)19-13(20-12)21-5-1-2-6-21/h3-4,7H,1-2,5-6H2,(H,17,18,19,20). The van der Waals surface area contributed by atoms with Crippen molar-refractivity contribution in [1.82, 2.24) is 15.0 Å². The molecule has 8 heteroatoms. The normalized spacial score (nSPS) is 14.5. The highest BCUT2D eigenvalue weighted by Crippen LogP contribution is 2.28. The molecule has 5 nitrogen and oxygen atoms in total. The first-order valence-electron chi connectivity index (χ1n) is 6.50. The van der Waals surface area contributed by atoms with Crippen LogP contribution >= 0.6 is 39.1 Å². The van der Waals surface area contributed by atoms with Gasteiger partial charge in [0.15, 0.2) is 0 Å². The monoisotopic (exact) mass is 387 g/mol. The molecule has 2 aromatic rings. The average Bonchev–Trinajstić information content (AvgIpc) is 2.96. The van der Waals surface area contributed by atoms with Crippen molar-refractivity contribution in [2.75, 3.05) is 23.3 Å². The lowest BCUT2D eigenvalue weighted by atomic mass is 10.3. The third-order valence-electron chi connectivity index (χ3n) is 3.16. The molecule has 110 valence electrons. The quantitative estimate of drug-likeness (QED) is 0.850. The summed E-state index contributed by atoms with van der Waals surface area (Å²) in [4.78, 5) is 14.8. The van der Waals surface area contributed by atoms with Gasteiger partial charge in [-0.1, -0.05) is 27.5 Å². The van der Waals surface area contributed by atoms with E-state index in [1.807, 2.05) is 12.1 Å². The lowest BCUT2D eigenvalue weighted by molar-refractivity contribution is 0.883. The van der Waals surface area contributed by atoms with Gasteiger partial charge in [0, 0.05) is 17.6 Å². The van der Waals surface area contributed by atoms with Gasteiger partial charge in [-0.15, -0.1) is 0 Å². The summed E-state index contributed by atoms with van der Waals surface area (Å²) in [5.41, 5.74) is 0.709. The molecule has 0 aliphatic carbocycles. The first-order valence-corrected chi connectivity index (χ1v) is 8.05. The molecule has 0 amide bonds. The van der Waals surface area contributed by atoms with Crippen LogP contribution in [-0.4, -0.2) is 28.0 Å². The van der Waals surface area contributed by atoms with Gasteiger partial charge in [0.2, 0.25) is 17.2 Å². The molecule has 1 aliphatic rings. The van der Waals surface area contributed by atoms with E-state index < -0.39 is 0 Å². The van der Waals surface area contributed by atoms with Crippen molar-refractivity contribution in [2.45, 2.75) is 12.8 Å². The second-order valence-electron chi connectivity index (χ2n) is 4.67. The average molecular weight is 389 g/mol. The van der Waals surface area contributed by atoms with E-state index in [1.54, 1.807) is 6.07 Å². The SMILES string of the molecule is Clc1nc(Nc2cc(Br)ccc2Cl)nc(N2CCCC2)n1. The van der Waals surface area contributed by atoms with Gasteiger partial charge in [-0.05, 0) is 42.6 Å². The fraction of sp³-hybridized carbons (Fsp3) is 0.308. The Morgan fingerprint density at radius 3 is 2.62 bits per heavy atom. The Morgan fingerprint density at radius 2 is 1.86 bits per heavy atom. The number of rotatable bonds is 3. The van der Waals surface area contributed by atoms with Crippen molar-refractivity contribution in [1.29, 1.82) is 0 Å². The van der Waals surface area contributed by atoms with E-state index in [0.717, 1.165) is 30.4 Å². The molecule has 2 heterocycles. The largest absolute Gasteiger partial charge is 0.341 e. The number of nitrogens with zero attached hydrogens (tertiary/aromatic N) is 4. The highest BCUT2D eigenvalue weighted by atomic mass is 79.9. The fourth-order valence-electron chi connectivity index (χ4n) is 2.17. The molecule has 0 spiro atoms. The molecular weight excluding hydrogens is 377 g/mol.